The Kier molecular flexibility index (Phi) is 7.28. The average molecular weight is 492 g/mol. The number of fused-ring (bicyclic) bond motifs is 1. The first-order valence-electron chi connectivity index (χ1n) is 11.2. The molecule has 1 atom stereocenters. The highest BCUT2D eigenvalue weighted by Gasteiger charge is 2.23. The third kappa shape index (κ3) is 5.52. The molecule has 2 heterocycles. The lowest BCUT2D eigenvalue weighted by atomic mass is 9.96. The van der Waals surface area contributed by atoms with Crippen LogP contribution in [0.3, 0.4) is 0 Å². The van der Waals surface area contributed by atoms with Gasteiger partial charge in [-0.3, -0.25) is 19.2 Å². The number of benzene rings is 2. The number of aliphatic carboxylic acids is 1. The molecule has 1 aliphatic heterocycles. The van der Waals surface area contributed by atoms with Crippen LogP contribution in [0, 0.1) is 0 Å². The van der Waals surface area contributed by atoms with Crippen molar-refractivity contribution in [3.63, 3.8) is 0 Å². The van der Waals surface area contributed by atoms with Crippen LogP contribution in [0.5, 0.6) is 11.5 Å². The van der Waals surface area contributed by atoms with Gasteiger partial charge >= 0.3 is 5.97 Å². The molecule has 1 unspecified atom stereocenters. The van der Waals surface area contributed by atoms with Gasteiger partial charge in [-0.2, -0.15) is 0 Å². The number of aromatic nitrogens is 2. The van der Waals surface area contributed by atoms with E-state index in [4.69, 9.17) is 14.6 Å². The molecule has 0 aliphatic carbocycles. The Morgan fingerprint density at radius 2 is 1.89 bits per heavy atom. The second-order valence-corrected chi connectivity index (χ2v) is 8.02. The van der Waals surface area contributed by atoms with E-state index in [1.165, 1.54) is 0 Å². The van der Waals surface area contributed by atoms with Crippen LogP contribution in [0.2, 0.25) is 0 Å². The van der Waals surface area contributed by atoms with Crippen molar-refractivity contribution in [3.05, 3.63) is 87.1 Å². The highest BCUT2D eigenvalue weighted by atomic mass is 16.5. The van der Waals surface area contributed by atoms with Crippen LogP contribution >= 0.6 is 0 Å². The largest absolute Gasteiger partial charge is 0.497 e. The molecule has 0 spiro atoms. The SMILES string of the molecule is COc1ccc(C(NC(=O)c2cnc(C(=O)NCCC(=O)O)[nH]c2=O)c2ccc3c(c2)CCO3)cc1. The summed E-state index contributed by atoms with van der Waals surface area (Å²) < 4.78 is 10.8. The molecule has 3 aromatic rings. The average Bonchev–Trinajstić information content (AvgIpc) is 3.35. The Morgan fingerprint density at radius 1 is 1.14 bits per heavy atom. The van der Waals surface area contributed by atoms with E-state index in [1.54, 1.807) is 19.2 Å². The topological polar surface area (TPSA) is 160 Å². The number of hydrogen-bond acceptors (Lipinski definition) is 7. The second kappa shape index (κ2) is 10.7. The number of aromatic amines is 1. The van der Waals surface area contributed by atoms with Gasteiger partial charge in [0.05, 0.1) is 26.2 Å². The van der Waals surface area contributed by atoms with E-state index in [1.807, 2.05) is 30.3 Å². The first-order chi connectivity index (χ1) is 17.4. The lowest BCUT2D eigenvalue weighted by Crippen LogP contribution is -2.35. The number of nitrogens with zero attached hydrogens (tertiary/aromatic N) is 1. The zero-order valence-electron chi connectivity index (χ0n) is 19.4. The Hall–Kier alpha value is -4.67. The number of carbonyl (C=O) groups is 3. The van der Waals surface area contributed by atoms with Crippen molar-refractivity contribution >= 4 is 17.8 Å². The Balaban J connectivity index is 1.58. The molecule has 4 N–H and O–H groups in total. The smallest absolute Gasteiger partial charge is 0.305 e. The van der Waals surface area contributed by atoms with Gasteiger partial charge in [-0.25, -0.2) is 4.98 Å². The van der Waals surface area contributed by atoms with Gasteiger partial charge in [-0.05, 0) is 41.0 Å². The lowest BCUT2D eigenvalue weighted by molar-refractivity contribution is -0.136. The first kappa shape index (κ1) is 24.5. The summed E-state index contributed by atoms with van der Waals surface area (Å²) in [5.74, 6) is -1.38. The summed E-state index contributed by atoms with van der Waals surface area (Å²) in [6.07, 6.45) is 1.49. The minimum absolute atomic E-state index is 0.129. The number of nitrogens with one attached hydrogen (secondary N) is 3. The van der Waals surface area contributed by atoms with Crippen molar-refractivity contribution in [2.75, 3.05) is 20.3 Å². The summed E-state index contributed by atoms with van der Waals surface area (Å²) in [7, 11) is 1.56. The van der Waals surface area contributed by atoms with Crippen LogP contribution in [0.1, 0.15) is 50.1 Å². The number of methoxy groups -OCH3 is 1. The number of H-pyrrole nitrogens is 1. The van der Waals surface area contributed by atoms with Gasteiger partial charge < -0.3 is 30.2 Å². The maximum Gasteiger partial charge on any atom is 0.305 e. The normalized spacial score (nSPS) is 12.7. The number of ether oxygens (including phenoxy) is 2. The molecule has 0 bridgehead atoms. The van der Waals surface area contributed by atoms with Crippen molar-refractivity contribution in [1.29, 1.82) is 0 Å². The summed E-state index contributed by atoms with van der Waals surface area (Å²) in [5.41, 5.74) is 1.51. The van der Waals surface area contributed by atoms with Gasteiger partial charge in [0.1, 0.15) is 17.1 Å². The first-order valence-corrected chi connectivity index (χ1v) is 11.2. The van der Waals surface area contributed by atoms with Crippen LogP contribution in [-0.4, -0.2) is 53.1 Å². The van der Waals surface area contributed by atoms with Crippen molar-refractivity contribution < 1.29 is 29.0 Å². The number of rotatable bonds is 9. The second-order valence-electron chi connectivity index (χ2n) is 8.02. The van der Waals surface area contributed by atoms with E-state index in [0.717, 1.165) is 35.1 Å². The van der Waals surface area contributed by atoms with E-state index in [9.17, 15) is 19.2 Å². The molecule has 36 heavy (non-hydrogen) atoms. The van der Waals surface area contributed by atoms with E-state index in [-0.39, 0.29) is 24.4 Å². The molecule has 11 nitrogen and oxygen atoms in total. The number of hydrogen-bond donors (Lipinski definition) is 4. The fraction of sp³-hybridized carbons (Fsp3) is 0.240. The van der Waals surface area contributed by atoms with E-state index in [0.29, 0.717) is 12.4 Å². The Labute approximate surface area is 205 Å². The molecule has 2 amide bonds. The fourth-order valence-electron chi connectivity index (χ4n) is 3.79. The van der Waals surface area contributed by atoms with Crippen molar-refractivity contribution in [2.45, 2.75) is 18.9 Å². The van der Waals surface area contributed by atoms with Gasteiger partial charge in [0, 0.05) is 19.2 Å². The van der Waals surface area contributed by atoms with Gasteiger partial charge in [-0.1, -0.05) is 18.2 Å². The third-order valence-electron chi connectivity index (χ3n) is 5.65. The zero-order valence-corrected chi connectivity index (χ0v) is 19.4. The van der Waals surface area contributed by atoms with Gasteiger partial charge in [0.2, 0.25) is 0 Å². The predicted molar refractivity (Wildman–Crippen MR) is 127 cm³/mol. The van der Waals surface area contributed by atoms with Crippen LogP contribution < -0.4 is 25.7 Å². The van der Waals surface area contributed by atoms with Crippen LogP contribution in [0.15, 0.2) is 53.5 Å². The van der Waals surface area contributed by atoms with Gasteiger partial charge in [-0.15, -0.1) is 0 Å². The molecular formula is C25H24N4O7. The lowest BCUT2D eigenvalue weighted by Gasteiger charge is -2.21. The highest BCUT2D eigenvalue weighted by Crippen LogP contribution is 2.31. The fourth-order valence-corrected chi connectivity index (χ4v) is 3.79. The minimum Gasteiger partial charge on any atom is -0.497 e. The number of carbonyl (C=O) groups excluding carboxylic acids is 2. The maximum absolute atomic E-state index is 13.1. The molecule has 1 aromatic heterocycles. The van der Waals surface area contributed by atoms with Crippen LogP contribution in [0.25, 0.3) is 0 Å². The zero-order chi connectivity index (χ0) is 25.7. The quantitative estimate of drug-likeness (QED) is 0.349. The monoisotopic (exact) mass is 492 g/mol. The Bertz CT molecular complexity index is 1350. The van der Waals surface area contributed by atoms with E-state index >= 15 is 0 Å². The molecular weight excluding hydrogens is 468 g/mol. The molecule has 0 radical (unpaired) electrons. The van der Waals surface area contributed by atoms with E-state index < -0.39 is 29.4 Å². The minimum atomic E-state index is -1.08. The molecule has 11 heteroatoms. The Morgan fingerprint density at radius 3 is 2.58 bits per heavy atom. The summed E-state index contributed by atoms with van der Waals surface area (Å²) in [6, 6.07) is 12.3. The highest BCUT2D eigenvalue weighted by molar-refractivity contribution is 5.95. The standard InChI is InChI=1S/C25H24N4O7/c1-35-17-5-2-14(3-6-17)21(16-4-7-19-15(12-16)9-11-36-19)28-23(32)18-13-27-22(29-24(18)33)25(34)26-10-8-20(30)31/h2-7,12-13,21H,8-11H2,1H3,(H,26,34)(H,28,32)(H,30,31)(H,27,29,33). The molecule has 2 aromatic carbocycles. The number of carboxylic acids is 1. The van der Waals surface area contributed by atoms with Crippen molar-refractivity contribution in [1.82, 2.24) is 20.6 Å². The molecule has 0 fully saturated rings. The van der Waals surface area contributed by atoms with Gasteiger partial charge in [0.25, 0.3) is 17.4 Å². The summed E-state index contributed by atoms with van der Waals surface area (Å²) in [5, 5.41) is 13.9. The molecule has 1 aliphatic rings. The summed E-state index contributed by atoms with van der Waals surface area (Å²) in [6.45, 7) is 0.463. The molecule has 186 valence electrons. The van der Waals surface area contributed by atoms with Crippen molar-refractivity contribution in [3.8, 4) is 11.5 Å². The van der Waals surface area contributed by atoms with Gasteiger partial charge in [0.15, 0.2) is 5.82 Å². The maximum atomic E-state index is 13.1. The van der Waals surface area contributed by atoms with Crippen molar-refractivity contribution in [2.24, 2.45) is 0 Å². The van der Waals surface area contributed by atoms with Crippen LogP contribution in [0.4, 0.5) is 0 Å². The number of carboxylic acid groups (broad SMARTS) is 1. The number of amides is 2. The summed E-state index contributed by atoms with van der Waals surface area (Å²) >= 11 is 0. The third-order valence-corrected chi connectivity index (χ3v) is 5.65. The predicted octanol–water partition coefficient (Wildman–Crippen LogP) is 1.44. The molecule has 0 saturated carbocycles. The molecule has 4 rings (SSSR count). The van der Waals surface area contributed by atoms with Crippen LogP contribution in [-0.2, 0) is 11.2 Å². The summed E-state index contributed by atoms with van der Waals surface area (Å²) in [4.78, 5) is 54.6. The van der Waals surface area contributed by atoms with E-state index in [2.05, 4.69) is 20.6 Å². The molecule has 0 saturated heterocycles.